The van der Waals surface area contributed by atoms with E-state index in [1.807, 2.05) is 55.4 Å². The Morgan fingerprint density at radius 2 is 1.54 bits per heavy atom. The molecular formula is C19H35N3O2. The maximum Gasteiger partial charge on any atom is 0.242 e. The number of nitrogens with one attached hydrogen (secondary N) is 1. The highest BCUT2D eigenvalue weighted by Crippen LogP contribution is 2.37. The average molecular weight is 338 g/mol. The molecule has 5 nitrogen and oxygen atoms in total. The first kappa shape index (κ1) is 20.9. The number of amides is 1. The van der Waals surface area contributed by atoms with Gasteiger partial charge < -0.3 is 5.32 Å². The van der Waals surface area contributed by atoms with Crippen LogP contribution >= 0.6 is 0 Å². The van der Waals surface area contributed by atoms with Crippen LogP contribution in [0.1, 0.15) is 87.5 Å². The zero-order valence-corrected chi connectivity index (χ0v) is 16.7. The normalized spacial score (nSPS) is 19.0. The second-order valence-corrected chi connectivity index (χ2v) is 9.49. The summed E-state index contributed by atoms with van der Waals surface area (Å²) in [4.78, 5) is 19.2. The van der Waals surface area contributed by atoms with Gasteiger partial charge in [-0.25, -0.2) is 0 Å². The van der Waals surface area contributed by atoms with E-state index in [9.17, 15) is 10.1 Å². The highest BCUT2D eigenvalue weighted by Gasteiger charge is 2.47. The van der Waals surface area contributed by atoms with E-state index in [4.69, 9.17) is 4.84 Å². The number of hydroxylamine groups is 2. The Morgan fingerprint density at radius 1 is 1.04 bits per heavy atom. The Balaban J connectivity index is 3.13. The van der Waals surface area contributed by atoms with E-state index in [0.717, 1.165) is 19.3 Å². The van der Waals surface area contributed by atoms with Gasteiger partial charge in [-0.15, -0.1) is 0 Å². The third-order valence-corrected chi connectivity index (χ3v) is 4.29. The first-order valence-corrected chi connectivity index (χ1v) is 8.97. The summed E-state index contributed by atoms with van der Waals surface area (Å²) in [5.41, 5.74) is -2.46. The molecule has 1 fully saturated rings. The molecule has 138 valence electrons. The first-order valence-electron chi connectivity index (χ1n) is 8.97. The van der Waals surface area contributed by atoms with Crippen molar-refractivity contribution in [1.29, 1.82) is 5.26 Å². The Morgan fingerprint density at radius 3 is 1.92 bits per heavy atom. The number of nitriles is 1. The van der Waals surface area contributed by atoms with Gasteiger partial charge in [0.05, 0.1) is 6.07 Å². The summed E-state index contributed by atoms with van der Waals surface area (Å²) in [5.74, 6) is -0.103. The number of carbonyl (C=O) groups is 1. The van der Waals surface area contributed by atoms with Crippen molar-refractivity contribution < 1.29 is 9.63 Å². The van der Waals surface area contributed by atoms with Crippen molar-refractivity contribution in [3.8, 4) is 6.07 Å². The lowest BCUT2D eigenvalue weighted by atomic mass is 9.86. The van der Waals surface area contributed by atoms with Crippen LogP contribution in [0.2, 0.25) is 0 Å². The summed E-state index contributed by atoms with van der Waals surface area (Å²) in [7, 11) is 0. The number of carbonyl (C=O) groups excluding carboxylic acids is 1. The molecule has 5 heteroatoms. The molecule has 0 aromatic rings. The molecule has 0 aliphatic heterocycles. The second-order valence-electron chi connectivity index (χ2n) is 9.49. The molecule has 0 aromatic carbocycles. The molecule has 1 N–H and O–H groups in total. The SMILES string of the molecule is CC(C)(C)NC(=O)C(C)(C)N(OC1(C#N)CCCCC1)C(C)(C)C. The Hall–Kier alpha value is -1.12. The van der Waals surface area contributed by atoms with Gasteiger partial charge in [-0.1, -0.05) is 6.42 Å². The molecule has 1 aliphatic rings. The molecule has 1 saturated carbocycles. The van der Waals surface area contributed by atoms with Crippen molar-refractivity contribution in [2.75, 3.05) is 0 Å². The average Bonchev–Trinajstić information content (AvgIpc) is 2.42. The van der Waals surface area contributed by atoms with E-state index < -0.39 is 16.7 Å². The lowest BCUT2D eigenvalue weighted by Gasteiger charge is -2.49. The second kappa shape index (κ2) is 7.01. The van der Waals surface area contributed by atoms with Crippen molar-refractivity contribution >= 4 is 5.91 Å². The van der Waals surface area contributed by atoms with Crippen LogP contribution in [0.3, 0.4) is 0 Å². The monoisotopic (exact) mass is 337 g/mol. The van der Waals surface area contributed by atoms with Crippen LogP contribution in [0.25, 0.3) is 0 Å². The van der Waals surface area contributed by atoms with Crippen LogP contribution in [0, 0.1) is 11.3 Å². The number of nitrogens with zero attached hydrogens (tertiary/aromatic N) is 2. The van der Waals surface area contributed by atoms with Gasteiger partial charge in [0.2, 0.25) is 5.91 Å². The Bertz CT molecular complexity index is 486. The standard InChI is InChI=1S/C19H35N3O2/c1-16(2,3)21-15(23)18(7,8)22(17(4,5)6)24-19(14-20)12-10-9-11-13-19/h9-13H2,1-8H3,(H,21,23). The van der Waals surface area contributed by atoms with Crippen LogP contribution in [0.5, 0.6) is 0 Å². The fourth-order valence-corrected chi connectivity index (χ4v) is 3.20. The maximum atomic E-state index is 12.9. The molecule has 0 aromatic heterocycles. The predicted molar refractivity (Wildman–Crippen MR) is 96.1 cm³/mol. The fraction of sp³-hybridized carbons (Fsp3) is 0.895. The van der Waals surface area contributed by atoms with Gasteiger partial charge in [-0.05, 0) is 81.1 Å². The predicted octanol–water partition coefficient (Wildman–Crippen LogP) is 3.94. The lowest BCUT2D eigenvalue weighted by Crippen LogP contribution is -2.65. The number of rotatable bonds is 4. The van der Waals surface area contributed by atoms with Crippen LogP contribution in [0.15, 0.2) is 0 Å². The summed E-state index contributed by atoms with van der Waals surface area (Å²) >= 11 is 0. The lowest BCUT2D eigenvalue weighted by molar-refractivity contribution is -0.306. The summed E-state index contributed by atoms with van der Waals surface area (Å²) < 4.78 is 0. The largest absolute Gasteiger partial charge is 0.350 e. The topological polar surface area (TPSA) is 65.4 Å². The summed E-state index contributed by atoms with van der Waals surface area (Å²) in [6.45, 7) is 15.6. The van der Waals surface area contributed by atoms with E-state index in [-0.39, 0.29) is 11.4 Å². The minimum atomic E-state index is -0.896. The molecular weight excluding hydrogens is 302 g/mol. The molecule has 0 bridgehead atoms. The molecule has 1 aliphatic carbocycles. The molecule has 0 unspecified atom stereocenters. The van der Waals surface area contributed by atoms with Crippen molar-refractivity contribution in [3.63, 3.8) is 0 Å². The summed E-state index contributed by atoms with van der Waals surface area (Å²) in [5, 5.41) is 14.5. The van der Waals surface area contributed by atoms with E-state index in [0.29, 0.717) is 12.8 Å². The highest BCUT2D eigenvalue weighted by molar-refractivity contribution is 5.85. The van der Waals surface area contributed by atoms with Gasteiger partial charge in [-0.2, -0.15) is 10.3 Å². The van der Waals surface area contributed by atoms with E-state index >= 15 is 0 Å². The molecule has 0 saturated heterocycles. The smallest absolute Gasteiger partial charge is 0.242 e. The van der Waals surface area contributed by atoms with Crippen LogP contribution in [0.4, 0.5) is 0 Å². The molecule has 0 heterocycles. The van der Waals surface area contributed by atoms with E-state index in [1.54, 1.807) is 5.06 Å². The van der Waals surface area contributed by atoms with Crippen molar-refractivity contribution in [1.82, 2.24) is 10.4 Å². The van der Waals surface area contributed by atoms with Gasteiger partial charge in [0.25, 0.3) is 0 Å². The van der Waals surface area contributed by atoms with Crippen molar-refractivity contribution in [3.05, 3.63) is 0 Å². The van der Waals surface area contributed by atoms with Crippen LogP contribution in [-0.4, -0.2) is 33.2 Å². The first-order chi connectivity index (χ1) is 10.7. The van der Waals surface area contributed by atoms with Gasteiger partial charge in [0.15, 0.2) is 5.60 Å². The molecule has 24 heavy (non-hydrogen) atoms. The van der Waals surface area contributed by atoms with Gasteiger partial charge in [-0.3, -0.25) is 9.63 Å². The summed E-state index contributed by atoms with van der Waals surface area (Å²) in [6, 6.07) is 2.38. The molecule has 1 amide bonds. The minimum Gasteiger partial charge on any atom is -0.350 e. The third kappa shape index (κ3) is 5.19. The molecule has 0 spiro atoms. The molecule has 0 atom stereocenters. The van der Waals surface area contributed by atoms with Gasteiger partial charge >= 0.3 is 0 Å². The van der Waals surface area contributed by atoms with E-state index in [1.165, 1.54) is 0 Å². The maximum absolute atomic E-state index is 12.9. The third-order valence-electron chi connectivity index (χ3n) is 4.29. The van der Waals surface area contributed by atoms with Gasteiger partial charge in [0, 0.05) is 11.1 Å². The Kier molecular flexibility index (Phi) is 6.11. The minimum absolute atomic E-state index is 0.103. The zero-order valence-electron chi connectivity index (χ0n) is 16.7. The van der Waals surface area contributed by atoms with Crippen LogP contribution in [-0.2, 0) is 9.63 Å². The quantitative estimate of drug-likeness (QED) is 0.789. The Labute approximate surface area is 147 Å². The van der Waals surface area contributed by atoms with Crippen molar-refractivity contribution in [2.45, 2.75) is 110 Å². The number of hydrogen-bond donors (Lipinski definition) is 1. The fourth-order valence-electron chi connectivity index (χ4n) is 3.20. The molecule has 1 rings (SSSR count). The molecule has 0 radical (unpaired) electrons. The van der Waals surface area contributed by atoms with Gasteiger partial charge in [0.1, 0.15) is 5.54 Å². The van der Waals surface area contributed by atoms with E-state index in [2.05, 4.69) is 11.4 Å². The highest BCUT2D eigenvalue weighted by atomic mass is 16.7. The summed E-state index contributed by atoms with van der Waals surface area (Å²) in [6.07, 6.45) is 4.54. The zero-order chi connectivity index (χ0) is 18.8. The van der Waals surface area contributed by atoms with Crippen molar-refractivity contribution in [2.24, 2.45) is 0 Å². The van der Waals surface area contributed by atoms with Crippen LogP contribution < -0.4 is 5.32 Å². The number of hydrogen-bond acceptors (Lipinski definition) is 4.